The van der Waals surface area contributed by atoms with Crippen LogP contribution in [0.15, 0.2) is 59.0 Å². The molecule has 0 N–H and O–H groups in total. The van der Waals surface area contributed by atoms with E-state index in [0.29, 0.717) is 18.1 Å². The molecule has 4 rings (SSSR count). The third kappa shape index (κ3) is 5.26. The molecule has 32 heavy (non-hydrogen) atoms. The number of anilines is 1. The molecule has 7 heteroatoms. The topological polar surface area (TPSA) is 78.6 Å². The summed E-state index contributed by atoms with van der Waals surface area (Å²) in [5, 5.41) is 12.8. The van der Waals surface area contributed by atoms with Crippen molar-refractivity contribution >= 4 is 33.5 Å². The first-order valence-electron chi connectivity index (χ1n) is 10.6. The summed E-state index contributed by atoms with van der Waals surface area (Å²) in [6, 6.07) is 18.0. The van der Waals surface area contributed by atoms with Gasteiger partial charge in [-0.25, -0.2) is 4.98 Å². The summed E-state index contributed by atoms with van der Waals surface area (Å²) < 4.78 is 12.1. The Labute approximate surface area is 209 Å². The van der Waals surface area contributed by atoms with Crippen LogP contribution < -0.4 is 44.3 Å². The first-order valence-corrected chi connectivity index (χ1v) is 10.6. The van der Waals surface area contributed by atoms with Gasteiger partial charge in [0.05, 0.1) is 12.2 Å². The number of ether oxygens (including phenoxy) is 1. The van der Waals surface area contributed by atoms with E-state index in [4.69, 9.17) is 9.15 Å². The van der Waals surface area contributed by atoms with E-state index in [2.05, 4.69) is 29.8 Å². The molecule has 4 aromatic rings. The molecule has 160 valence electrons. The van der Waals surface area contributed by atoms with Gasteiger partial charge in [-0.1, -0.05) is 24.3 Å². The van der Waals surface area contributed by atoms with Crippen molar-refractivity contribution in [3.8, 4) is 17.2 Å². The van der Waals surface area contributed by atoms with E-state index in [1.54, 1.807) is 0 Å². The summed E-state index contributed by atoms with van der Waals surface area (Å²) in [5.41, 5.74) is 3.34. The Morgan fingerprint density at radius 3 is 2.47 bits per heavy atom. The fraction of sp³-hybridized carbons (Fsp3) is 0.280. The van der Waals surface area contributed by atoms with Crippen LogP contribution in [-0.2, 0) is 4.79 Å². The average Bonchev–Trinajstić information content (AvgIpc) is 3.20. The number of hydrogen-bond donors (Lipinski definition) is 0. The Balaban J connectivity index is 0.00000289. The molecule has 6 nitrogen and oxygen atoms in total. The number of carbonyl (C=O) groups is 1. The van der Waals surface area contributed by atoms with Crippen LogP contribution in [0.1, 0.15) is 26.7 Å². The van der Waals surface area contributed by atoms with Crippen molar-refractivity contribution in [2.45, 2.75) is 26.7 Å². The van der Waals surface area contributed by atoms with E-state index in [9.17, 15) is 9.90 Å². The Bertz CT molecular complexity index is 1220. The molecular weight excluding hydrogens is 415 g/mol. The third-order valence-electron chi connectivity index (χ3n) is 5.36. The zero-order chi connectivity index (χ0) is 21.8. The molecule has 0 fully saturated rings. The summed E-state index contributed by atoms with van der Waals surface area (Å²) in [5.74, 6) is 0.0187. The van der Waals surface area contributed by atoms with Crippen molar-refractivity contribution in [2.75, 3.05) is 24.6 Å². The maximum absolute atomic E-state index is 10.7. The van der Waals surface area contributed by atoms with Crippen molar-refractivity contribution < 1.29 is 48.6 Å². The van der Waals surface area contributed by atoms with E-state index >= 15 is 0 Å². The maximum atomic E-state index is 10.7. The average molecular weight is 440 g/mol. The van der Waals surface area contributed by atoms with E-state index in [1.165, 1.54) is 0 Å². The minimum atomic E-state index is -1.08. The molecule has 0 amide bonds. The van der Waals surface area contributed by atoms with Gasteiger partial charge < -0.3 is 24.0 Å². The predicted molar refractivity (Wildman–Crippen MR) is 120 cm³/mol. The van der Waals surface area contributed by atoms with Crippen LogP contribution in [0.2, 0.25) is 0 Å². The van der Waals surface area contributed by atoms with Crippen LogP contribution in [0.5, 0.6) is 5.75 Å². The smallest absolute Gasteiger partial charge is 0.550 e. The summed E-state index contributed by atoms with van der Waals surface area (Å²) in [6.45, 7) is 6.35. The summed E-state index contributed by atoms with van der Waals surface area (Å²) in [7, 11) is 0. The third-order valence-corrected chi connectivity index (χ3v) is 5.36. The zero-order valence-electron chi connectivity index (χ0n) is 18.8. The Kier molecular flexibility index (Phi) is 8.18. The monoisotopic (exact) mass is 440 g/mol. The zero-order valence-corrected chi connectivity index (χ0v) is 20.8. The van der Waals surface area contributed by atoms with Crippen LogP contribution >= 0.6 is 0 Å². The van der Waals surface area contributed by atoms with Crippen LogP contribution in [0, 0.1) is 0 Å². The molecule has 0 atom stereocenters. The molecule has 0 spiro atoms. The summed E-state index contributed by atoms with van der Waals surface area (Å²) in [4.78, 5) is 17.6. The second-order valence-corrected chi connectivity index (χ2v) is 7.36. The number of hydrogen-bond acceptors (Lipinski definition) is 6. The van der Waals surface area contributed by atoms with Gasteiger partial charge >= 0.3 is 29.6 Å². The number of benzene rings is 3. The van der Waals surface area contributed by atoms with Crippen molar-refractivity contribution in [3.63, 3.8) is 0 Å². The fourth-order valence-corrected chi connectivity index (χ4v) is 3.72. The number of aromatic nitrogens is 1. The van der Waals surface area contributed by atoms with Crippen LogP contribution in [0.25, 0.3) is 33.3 Å². The predicted octanol–water partition coefficient (Wildman–Crippen LogP) is 1.41. The van der Waals surface area contributed by atoms with Gasteiger partial charge in [-0.2, -0.15) is 0 Å². The second kappa shape index (κ2) is 10.9. The molecule has 0 aliphatic rings. The molecule has 0 saturated heterocycles. The van der Waals surface area contributed by atoms with Gasteiger partial charge in [0.25, 0.3) is 0 Å². The number of carboxylic acid groups (broad SMARTS) is 1. The first-order chi connectivity index (χ1) is 15.1. The molecule has 0 saturated carbocycles. The van der Waals surface area contributed by atoms with E-state index in [1.807, 2.05) is 48.5 Å². The van der Waals surface area contributed by atoms with E-state index in [0.717, 1.165) is 46.2 Å². The summed E-state index contributed by atoms with van der Waals surface area (Å²) in [6.07, 6.45) is 0.329. The molecule has 0 unspecified atom stereocenters. The van der Waals surface area contributed by atoms with E-state index < -0.39 is 5.97 Å². The molecule has 1 heterocycles. The Morgan fingerprint density at radius 2 is 1.78 bits per heavy atom. The fourth-order valence-electron chi connectivity index (χ4n) is 3.72. The van der Waals surface area contributed by atoms with E-state index in [-0.39, 0.29) is 42.6 Å². The van der Waals surface area contributed by atoms with Gasteiger partial charge in [0.1, 0.15) is 11.3 Å². The number of oxazole rings is 1. The van der Waals surface area contributed by atoms with Gasteiger partial charge in [0, 0.05) is 30.8 Å². The molecule has 0 aliphatic carbocycles. The van der Waals surface area contributed by atoms with Gasteiger partial charge in [-0.15, -0.1) is 0 Å². The minimum Gasteiger partial charge on any atom is -0.550 e. The second-order valence-electron chi connectivity index (χ2n) is 7.36. The largest absolute Gasteiger partial charge is 1.00 e. The van der Waals surface area contributed by atoms with Gasteiger partial charge in [0.15, 0.2) is 5.58 Å². The first kappa shape index (κ1) is 24.1. The summed E-state index contributed by atoms with van der Waals surface area (Å²) >= 11 is 0. The van der Waals surface area contributed by atoms with Crippen LogP contribution in [0.4, 0.5) is 5.69 Å². The molecule has 1 aromatic heterocycles. The molecular formula is C25H25N2NaO4. The van der Waals surface area contributed by atoms with Crippen molar-refractivity contribution in [1.29, 1.82) is 0 Å². The Hall–Kier alpha value is -2.54. The van der Waals surface area contributed by atoms with Gasteiger partial charge in [-0.05, 0) is 61.7 Å². The van der Waals surface area contributed by atoms with Crippen molar-refractivity contribution in [3.05, 3.63) is 54.6 Å². The molecule has 0 radical (unpaired) electrons. The van der Waals surface area contributed by atoms with Gasteiger partial charge in [-0.3, -0.25) is 0 Å². The molecule has 3 aromatic carbocycles. The maximum Gasteiger partial charge on any atom is 1.00 e. The number of nitrogens with zero attached hydrogens (tertiary/aromatic N) is 2. The molecule has 0 aliphatic heterocycles. The molecule has 0 bridgehead atoms. The quantitative estimate of drug-likeness (QED) is 0.289. The van der Waals surface area contributed by atoms with Crippen molar-refractivity contribution in [1.82, 2.24) is 4.98 Å². The number of aliphatic carboxylic acids is 1. The Morgan fingerprint density at radius 1 is 1.06 bits per heavy atom. The number of carboxylic acids is 1. The van der Waals surface area contributed by atoms with Crippen LogP contribution in [0.3, 0.4) is 0 Å². The van der Waals surface area contributed by atoms with Crippen LogP contribution in [-0.4, -0.2) is 30.6 Å². The van der Waals surface area contributed by atoms with Crippen molar-refractivity contribution in [2.24, 2.45) is 0 Å². The van der Waals surface area contributed by atoms with Gasteiger partial charge in [0.2, 0.25) is 5.89 Å². The number of rotatable bonds is 9. The standard InChI is InChI=1S/C25H26N2O4.Na/c1-3-27(4-2)19-11-12-21-23(16-19)31-25(26-21)20-14-17-8-5-6-9-18(17)15-22(20)30-13-7-10-24(28)29;/h5-6,8-9,11-12,14-16H,3-4,7,10,13H2,1-2H3,(H,28,29);/q;+1/p-1. The number of fused-ring (bicyclic) bond motifs is 2. The minimum absolute atomic E-state index is 0. The normalized spacial score (nSPS) is 10.8. The number of carbonyl (C=O) groups excluding carboxylic acids is 1. The SMILES string of the molecule is CCN(CC)c1ccc2nc(-c3cc4ccccc4cc3OCCCC(=O)[O-])oc2c1.[Na+].